The highest BCUT2D eigenvalue weighted by molar-refractivity contribution is 7.98. The number of hydrogen-bond acceptors (Lipinski definition) is 7. The van der Waals surface area contributed by atoms with Gasteiger partial charge in [0, 0.05) is 35.5 Å². The molecule has 4 aromatic rings. The second-order valence-electron chi connectivity index (χ2n) is 9.54. The highest BCUT2D eigenvalue weighted by Gasteiger charge is 2.46. The Morgan fingerprint density at radius 2 is 1.92 bits per heavy atom. The van der Waals surface area contributed by atoms with Crippen LogP contribution < -0.4 is 10.4 Å². The van der Waals surface area contributed by atoms with Crippen molar-refractivity contribution in [2.45, 2.75) is 29.8 Å². The van der Waals surface area contributed by atoms with Gasteiger partial charge in [0.15, 0.2) is 23.1 Å². The maximum Gasteiger partial charge on any atom is 0.278 e. The molecule has 1 amide bonds. The second kappa shape index (κ2) is 8.34. The van der Waals surface area contributed by atoms with Crippen molar-refractivity contribution in [2.24, 2.45) is 0 Å². The third-order valence-corrected chi connectivity index (χ3v) is 8.56. The van der Waals surface area contributed by atoms with Gasteiger partial charge in [0.2, 0.25) is 5.43 Å². The summed E-state index contributed by atoms with van der Waals surface area (Å²) in [5.74, 6) is -2.19. The molecule has 0 spiro atoms. The largest absolute Gasteiger partial charge is 0.502 e. The van der Waals surface area contributed by atoms with E-state index >= 15 is 4.39 Å². The SMILES string of the molecule is Cc1cc2ccc3c(c2o1)SCc1c(ccc(F)c1F)[C@H]3N1[C@@H]2COCCN2C(=O)c2c(O)c(=O)ccn21. The zero-order valence-corrected chi connectivity index (χ0v) is 20.9. The van der Waals surface area contributed by atoms with Crippen molar-refractivity contribution < 1.29 is 27.8 Å². The van der Waals surface area contributed by atoms with Gasteiger partial charge in [-0.1, -0.05) is 18.2 Å². The molecule has 0 aliphatic carbocycles. The number of furan rings is 1. The molecule has 0 radical (unpaired) electrons. The smallest absolute Gasteiger partial charge is 0.278 e. The van der Waals surface area contributed by atoms with Gasteiger partial charge >= 0.3 is 0 Å². The van der Waals surface area contributed by atoms with E-state index in [1.165, 1.54) is 28.7 Å². The first-order valence-corrected chi connectivity index (χ1v) is 13.1. The monoisotopic (exact) mass is 537 g/mol. The number of halogens is 2. The average molecular weight is 538 g/mol. The van der Waals surface area contributed by atoms with E-state index in [4.69, 9.17) is 9.15 Å². The molecule has 2 aromatic carbocycles. The molecule has 1 saturated heterocycles. The number of aryl methyl sites for hydroxylation is 1. The second-order valence-corrected chi connectivity index (χ2v) is 10.5. The number of hydrogen-bond donors (Lipinski definition) is 1. The quantitative estimate of drug-likeness (QED) is 0.392. The predicted octanol–water partition coefficient (Wildman–Crippen LogP) is 4.03. The number of carbonyl (C=O) groups is 1. The highest BCUT2D eigenvalue weighted by Crippen LogP contribution is 2.48. The molecule has 3 aliphatic rings. The summed E-state index contributed by atoms with van der Waals surface area (Å²) < 4.78 is 43.1. The molecule has 38 heavy (non-hydrogen) atoms. The number of carbonyl (C=O) groups excluding carboxylic acids is 1. The van der Waals surface area contributed by atoms with Gasteiger partial charge in [-0.25, -0.2) is 8.78 Å². The van der Waals surface area contributed by atoms with Crippen LogP contribution in [-0.2, 0) is 10.5 Å². The van der Waals surface area contributed by atoms with Crippen molar-refractivity contribution in [2.75, 3.05) is 24.8 Å². The van der Waals surface area contributed by atoms with Crippen molar-refractivity contribution in [3.8, 4) is 5.75 Å². The Labute approximate surface area is 219 Å². The van der Waals surface area contributed by atoms with Crippen LogP contribution in [0.5, 0.6) is 5.75 Å². The van der Waals surface area contributed by atoms with E-state index < -0.39 is 40.9 Å². The topological polar surface area (TPSA) is 88.2 Å². The first kappa shape index (κ1) is 23.3. The van der Waals surface area contributed by atoms with Gasteiger partial charge in [-0.2, -0.15) is 0 Å². The summed E-state index contributed by atoms with van der Waals surface area (Å²) in [4.78, 5) is 28.2. The number of amides is 1. The normalized spacial score (nSPS) is 20.6. The van der Waals surface area contributed by atoms with E-state index in [0.717, 1.165) is 21.9 Å². The molecule has 7 rings (SSSR count). The predicted molar refractivity (Wildman–Crippen MR) is 135 cm³/mol. The molecule has 1 N–H and O–H groups in total. The summed E-state index contributed by atoms with van der Waals surface area (Å²) in [6.45, 7) is 2.50. The number of thioether (sulfide) groups is 1. The zero-order chi connectivity index (χ0) is 26.3. The number of fused-ring (bicyclic) bond motifs is 6. The van der Waals surface area contributed by atoms with E-state index in [1.807, 2.05) is 25.1 Å². The Morgan fingerprint density at radius 1 is 1.11 bits per heavy atom. The minimum atomic E-state index is -0.953. The molecule has 5 heterocycles. The van der Waals surface area contributed by atoms with Crippen molar-refractivity contribution >= 4 is 28.6 Å². The molecular formula is C27H21F2N3O5S. The molecule has 2 atom stereocenters. The van der Waals surface area contributed by atoms with Gasteiger partial charge in [-0.3, -0.25) is 19.3 Å². The molecule has 0 unspecified atom stereocenters. The van der Waals surface area contributed by atoms with Gasteiger partial charge in [0.25, 0.3) is 5.91 Å². The summed E-state index contributed by atoms with van der Waals surface area (Å²) in [6.07, 6.45) is 0.773. The first-order chi connectivity index (χ1) is 18.3. The molecule has 194 valence electrons. The van der Waals surface area contributed by atoms with Crippen LogP contribution in [0.1, 0.15) is 39.0 Å². The fraction of sp³-hybridized carbons (Fsp3) is 0.259. The average Bonchev–Trinajstić information content (AvgIpc) is 3.21. The van der Waals surface area contributed by atoms with Crippen LogP contribution in [0.3, 0.4) is 0 Å². The Balaban J connectivity index is 1.57. The van der Waals surface area contributed by atoms with Gasteiger partial charge in [0.05, 0.1) is 24.2 Å². The van der Waals surface area contributed by atoms with E-state index in [9.17, 15) is 19.1 Å². The van der Waals surface area contributed by atoms with Crippen molar-refractivity contribution in [1.29, 1.82) is 0 Å². The fourth-order valence-corrected chi connectivity index (χ4v) is 6.94. The molecule has 2 aromatic heterocycles. The molecule has 0 saturated carbocycles. The summed E-state index contributed by atoms with van der Waals surface area (Å²) >= 11 is 1.35. The van der Waals surface area contributed by atoms with Gasteiger partial charge in [0.1, 0.15) is 17.5 Å². The Bertz CT molecular complexity index is 1720. The van der Waals surface area contributed by atoms with Crippen LogP contribution in [0.15, 0.2) is 56.7 Å². The van der Waals surface area contributed by atoms with E-state index in [1.54, 1.807) is 16.0 Å². The Hall–Kier alpha value is -3.83. The number of ether oxygens (including phenoxy) is 1. The fourth-order valence-electron chi connectivity index (χ4n) is 5.72. The number of aromatic nitrogens is 1. The lowest BCUT2D eigenvalue weighted by molar-refractivity contribution is -0.0197. The van der Waals surface area contributed by atoms with Gasteiger partial charge < -0.3 is 19.2 Å². The van der Waals surface area contributed by atoms with Crippen LogP contribution in [0.2, 0.25) is 0 Å². The van der Waals surface area contributed by atoms with Crippen molar-refractivity contribution in [3.05, 3.63) is 92.6 Å². The van der Waals surface area contributed by atoms with Crippen LogP contribution in [0.25, 0.3) is 11.0 Å². The van der Waals surface area contributed by atoms with Crippen LogP contribution >= 0.6 is 11.8 Å². The third-order valence-electron chi connectivity index (χ3n) is 7.42. The van der Waals surface area contributed by atoms with Crippen LogP contribution in [-0.4, -0.2) is 46.5 Å². The highest BCUT2D eigenvalue weighted by atomic mass is 32.2. The zero-order valence-electron chi connectivity index (χ0n) is 20.1. The van der Waals surface area contributed by atoms with Crippen LogP contribution in [0, 0.1) is 18.6 Å². The number of pyridine rings is 1. The summed E-state index contributed by atoms with van der Waals surface area (Å²) in [5.41, 5.74) is 1.21. The van der Waals surface area contributed by atoms with Gasteiger partial charge in [-0.15, -0.1) is 11.8 Å². The lowest BCUT2D eigenvalue weighted by atomic mass is 9.92. The number of morpholine rings is 1. The molecule has 8 nitrogen and oxygen atoms in total. The molecule has 0 bridgehead atoms. The number of benzene rings is 2. The minimum Gasteiger partial charge on any atom is -0.502 e. The molecule has 11 heteroatoms. The summed E-state index contributed by atoms with van der Waals surface area (Å²) in [6, 6.07) is 8.83. The maximum absolute atomic E-state index is 15.3. The maximum atomic E-state index is 15.3. The standard InChI is InChI=1S/C27H21F2N3O5S/c1-13-10-14-2-3-16-22(15-4-5-18(28)21(29)17(15)12-38-26(16)25(14)37-13)32-20-11-36-9-8-30(20)27(35)23-24(34)19(33)6-7-31(23)32/h2-7,10,20,22,34H,8-9,11-12H2,1H3/t20-,22-/m1/s1. The Kier molecular flexibility index (Phi) is 5.11. The number of aromatic hydroxyl groups is 1. The van der Waals surface area contributed by atoms with E-state index in [-0.39, 0.29) is 36.8 Å². The lowest BCUT2D eigenvalue weighted by Gasteiger charge is -2.51. The summed E-state index contributed by atoms with van der Waals surface area (Å²) in [7, 11) is 0. The first-order valence-electron chi connectivity index (χ1n) is 12.1. The Morgan fingerprint density at radius 3 is 2.76 bits per heavy atom. The van der Waals surface area contributed by atoms with Crippen molar-refractivity contribution in [3.63, 3.8) is 0 Å². The van der Waals surface area contributed by atoms with E-state index in [0.29, 0.717) is 16.9 Å². The van der Waals surface area contributed by atoms with Gasteiger partial charge in [-0.05, 0) is 30.2 Å². The third kappa shape index (κ3) is 3.18. The minimum absolute atomic E-state index is 0.137. The van der Waals surface area contributed by atoms with E-state index in [2.05, 4.69) is 0 Å². The van der Waals surface area contributed by atoms with Crippen molar-refractivity contribution in [1.82, 2.24) is 9.58 Å². The molecular weight excluding hydrogens is 516 g/mol. The molecule has 3 aliphatic heterocycles. The van der Waals surface area contributed by atoms with Crippen LogP contribution in [0.4, 0.5) is 8.78 Å². The number of rotatable bonds is 1. The summed E-state index contributed by atoms with van der Waals surface area (Å²) in [5, 5.41) is 13.4. The lowest BCUT2D eigenvalue weighted by Crippen LogP contribution is -2.66. The molecule has 1 fully saturated rings. The number of nitrogens with zero attached hydrogens (tertiary/aromatic N) is 3.